The summed E-state index contributed by atoms with van der Waals surface area (Å²) in [5.74, 6) is 0.894. The van der Waals surface area contributed by atoms with E-state index < -0.39 is 0 Å². The molecule has 1 aromatic carbocycles. The predicted octanol–water partition coefficient (Wildman–Crippen LogP) is 2.84. The quantitative estimate of drug-likeness (QED) is 0.632. The first-order chi connectivity index (χ1) is 9.84. The van der Waals surface area contributed by atoms with E-state index in [0.717, 1.165) is 24.4 Å². The average Bonchev–Trinajstić information content (AvgIpc) is 2.49. The zero-order valence-electron chi connectivity index (χ0n) is 11.1. The summed E-state index contributed by atoms with van der Waals surface area (Å²) in [6, 6.07) is 13.5. The van der Waals surface area contributed by atoms with Crippen LogP contribution in [0.5, 0.6) is 5.75 Å². The average molecular weight is 287 g/mol. The summed E-state index contributed by atoms with van der Waals surface area (Å²) in [6.45, 7) is 1.43. The number of aromatic nitrogens is 1. The van der Waals surface area contributed by atoms with Gasteiger partial charge in [0.1, 0.15) is 5.75 Å². The summed E-state index contributed by atoms with van der Waals surface area (Å²) >= 11 is 5.20. The molecule has 0 aliphatic rings. The number of nitrogens with one attached hydrogen (secondary N) is 2. The molecule has 0 atom stereocenters. The fourth-order valence-electron chi connectivity index (χ4n) is 1.59. The Bertz CT molecular complexity index is 519. The van der Waals surface area contributed by atoms with Gasteiger partial charge in [0.25, 0.3) is 0 Å². The number of hydrogen-bond donors (Lipinski definition) is 2. The molecule has 1 heterocycles. The lowest BCUT2D eigenvalue weighted by atomic mass is 10.3. The van der Waals surface area contributed by atoms with E-state index in [1.165, 1.54) is 0 Å². The molecule has 2 aromatic rings. The molecule has 20 heavy (non-hydrogen) atoms. The highest BCUT2D eigenvalue weighted by atomic mass is 32.1. The van der Waals surface area contributed by atoms with Gasteiger partial charge in [-0.2, -0.15) is 0 Å². The maximum Gasteiger partial charge on any atom is 0.170 e. The summed E-state index contributed by atoms with van der Waals surface area (Å²) in [5, 5.41) is 6.83. The van der Waals surface area contributed by atoms with Crippen molar-refractivity contribution in [1.82, 2.24) is 10.3 Å². The number of nitrogens with zero attached hydrogens (tertiary/aromatic N) is 1. The molecule has 0 aliphatic carbocycles. The monoisotopic (exact) mass is 287 g/mol. The van der Waals surface area contributed by atoms with Gasteiger partial charge in [0.05, 0.1) is 6.61 Å². The number of hydrogen-bond acceptors (Lipinski definition) is 3. The molecule has 0 spiro atoms. The number of ether oxygens (including phenoxy) is 1. The van der Waals surface area contributed by atoms with E-state index in [-0.39, 0.29) is 0 Å². The third kappa shape index (κ3) is 5.24. The van der Waals surface area contributed by atoms with Crippen LogP contribution in [0.3, 0.4) is 0 Å². The third-order valence-electron chi connectivity index (χ3n) is 2.56. The van der Waals surface area contributed by atoms with E-state index in [0.29, 0.717) is 11.7 Å². The van der Waals surface area contributed by atoms with Crippen LogP contribution in [0, 0.1) is 0 Å². The summed E-state index contributed by atoms with van der Waals surface area (Å²) in [7, 11) is 0. The standard InChI is InChI=1S/C15H17N3OS/c20-15(18-13-7-10-16-11-8-13)17-9-4-12-19-14-5-2-1-3-6-14/h1-3,5-8,10-11H,4,9,12H2,(H2,16,17,18,20). The lowest BCUT2D eigenvalue weighted by molar-refractivity contribution is 0.311. The number of pyridine rings is 1. The van der Waals surface area contributed by atoms with E-state index in [2.05, 4.69) is 15.6 Å². The van der Waals surface area contributed by atoms with Crippen LogP contribution >= 0.6 is 12.2 Å². The van der Waals surface area contributed by atoms with Crippen molar-refractivity contribution >= 4 is 23.0 Å². The Hall–Kier alpha value is -2.14. The molecule has 0 fully saturated rings. The Labute approximate surface area is 124 Å². The minimum Gasteiger partial charge on any atom is -0.494 e. The first kappa shape index (κ1) is 14.3. The summed E-state index contributed by atoms with van der Waals surface area (Å²) < 4.78 is 5.59. The Morgan fingerprint density at radius 1 is 1.10 bits per heavy atom. The van der Waals surface area contributed by atoms with E-state index in [4.69, 9.17) is 17.0 Å². The van der Waals surface area contributed by atoms with Crippen LogP contribution in [-0.2, 0) is 0 Å². The fraction of sp³-hybridized carbons (Fsp3) is 0.200. The highest BCUT2D eigenvalue weighted by molar-refractivity contribution is 7.80. The molecule has 104 valence electrons. The predicted molar refractivity (Wildman–Crippen MR) is 85.0 cm³/mol. The highest BCUT2D eigenvalue weighted by Crippen LogP contribution is 2.08. The minimum absolute atomic E-state index is 0.607. The highest BCUT2D eigenvalue weighted by Gasteiger charge is 1.97. The van der Waals surface area contributed by atoms with Crippen molar-refractivity contribution < 1.29 is 4.74 Å². The van der Waals surface area contributed by atoms with Gasteiger partial charge in [-0.25, -0.2) is 0 Å². The maximum absolute atomic E-state index is 5.59. The topological polar surface area (TPSA) is 46.2 Å². The maximum atomic E-state index is 5.59. The molecule has 0 unspecified atom stereocenters. The third-order valence-corrected chi connectivity index (χ3v) is 2.80. The molecule has 1 aromatic heterocycles. The van der Waals surface area contributed by atoms with Crippen molar-refractivity contribution in [2.75, 3.05) is 18.5 Å². The molecule has 0 bridgehead atoms. The van der Waals surface area contributed by atoms with E-state index in [1.54, 1.807) is 12.4 Å². The smallest absolute Gasteiger partial charge is 0.170 e. The van der Waals surface area contributed by atoms with Crippen LogP contribution < -0.4 is 15.4 Å². The zero-order chi connectivity index (χ0) is 14.0. The zero-order valence-corrected chi connectivity index (χ0v) is 11.9. The number of thiocarbonyl (C=S) groups is 1. The van der Waals surface area contributed by atoms with E-state index in [9.17, 15) is 0 Å². The second-order valence-corrected chi connectivity index (χ2v) is 4.54. The fourth-order valence-corrected chi connectivity index (χ4v) is 1.81. The van der Waals surface area contributed by atoms with Gasteiger partial charge in [0, 0.05) is 24.6 Å². The van der Waals surface area contributed by atoms with Gasteiger partial charge < -0.3 is 15.4 Å². The molecule has 0 radical (unpaired) electrons. The largest absolute Gasteiger partial charge is 0.494 e. The Balaban J connectivity index is 1.58. The molecule has 0 saturated carbocycles. The van der Waals surface area contributed by atoms with E-state index >= 15 is 0 Å². The van der Waals surface area contributed by atoms with Gasteiger partial charge in [0.2, 0.25) is 0 Å². The van der Waals surface area contributed by atoms with Crippen molar-refractivity contribution in [3.8, 4) is 5.75 Å². The molecule has 2 rings (SSSR count). The normalized spacial score (nSPS) is 9.80. The SMILES string of the molecule is S=C(NCCCOc1ccccc1)Nc1ccncc1. The summed E-state index contributed by atoms with van der Waals surface area (Å²) in [6.07, 6.45) is 4.32. The lowest BCUT2D eigenvalue weighted by Gasteiger charge is -2.10. The van der Waals surface area contributed by atoms with Crippen molar-refractivity contribution in [2.24, 2.45) is 0 Å². The molecule has 0 amide bonds. The van der Waals surface area contributed by atoms with Gasteiger partial charge in [-0.05, 0) is 42.9 Å². The first-order valence-electron chi connectivity index (χ1n) is 6.47. The first-order valence-corrected chi connectivity index (χ1v) is 6.88. The van der Waals surface area contributed by atoms with E-state index in [1.807, 2.05) is 42.5 Å². The molecular formula is C15H17N3OS. The molecule has 5 heteroatoms. The minimum atomic E-state index is 0.607. The Morgan fingerprint density at radius 2 is 1.85 bits per heavy atom. The second kappa shape index (κ2) is 8.12. The van der Waals surface area contributed by atoms with Crippen LogP contribution in [0.4, 0.5) is 5.69 Å². The number of benzene rings is 1. The van der Waals surface area contributed by atoms with Gasteiger partial charge >= 0.3 is 0 Å². The van der Waals surface area contributed by atoms with Crippen LogP contribution in [0.25, 0.3) is 0 Å². The molecular weight excluding hydrogens is 270 g/mol. The number of para-hydroxylation sites is 1. The second-order valence-electron chi connectivity index (χ2n) is 4.13. The van der Waals surface area contributed by atoms with Crippen molar-refractivity contribution in [1.29, 1.82) is 0 Å². The van der Waals surface area contributed by atoms with Crippen molar-refractivity contribution in [3.63, 3.8) is 0 Å². The summed E-state index contributed by atoms with van der Waals surface area (Å²) in [4.78, 5) is 3.95. The molecule has 4 nitrogen and oxygen atoms in total. The van der Waals surface area contributed by atoms with Gasteiger partial charge in [-0.3, -0.25) is 4.98 Å². The number of anilines is 1. The molecule has 2 N–H and O–H groups in total. The summed E-state index contributed by atoms with van der Waals surface area (Å²) in [5.41, 5.74) is 0.929. The number of rotatable bonds is 6. The Kier molecular flexibility index (Phi) is 5.79. The van der Waals surface area contributed by atoms with Gasteiger partial charge in [-0.15, -0.1) is 0 Å². The van der Waals surface area contributed by atoms with Crippen molar-refractivity contribution in [3.05, 3.63) is 54.9 Å². The molecule has 0 saturated heterocycles. The van der Waals surface area contributed by atoms with Crippen LogP contribution in [0.15, 0.2) is 54.9 Å². The Morgan fingerprint density at radius 3 is 2.60 bits per heavy atom. The van der Waals surface area contributed by atoms with Gasteiger partial charge in [0.15, 0.2) is 5.11 Å². The van der Waals surface area contributed by atoms with Crippen LogP contribution in [0.2, 0.25) is 0 Å². The van der Waals surface area contributed by atoms with Crippen molar-refractivity contribution in [2.45, 2.75) is 6.42 Å². The van der Waals surface area contributed by atoms with Gasteiger partial charge in [-0.1, -0.05) is 18.2 Å². The lowest BCUT2D eigenvalue weighted by Crippen LogP contribution is -2.29. The van der Waals surface area contributed by atoms with Crippen LogP contribution in [-0.4, -0.2) is 23.2 Å². The van der Waals surface area contributed by atoms with Crippen LogP contribution in [0.1, 0.15) is 6.42 Å². The molecule has 0 aliphatic heterocycles.